The number of likely N-dealkylation sites (N-methyl/N-ethyl adjacent to an activating group) is 2. The molecule has 0 aromatic heterocycles. The van der Waals surface area contributed by atoms with E-state index in [1.165, 1.54) is 54.9 Å². The largest absolute Gasteiger partial charge is 0.268 e. The minimum Gasteiger partial charge on any atom is -0.268 e. The Hall–Kier alpha value is -0.0800. The lowest BCUT2D eigenvalue weighted by molar-refractivity contribution is -0.985. The minimum absolute atomic E-state index is 1.36. The molecule has 0 aliphatic carbocycles. The van der Waals surface area contributed by atoms with Gasteiger partial charge in [-0.25, -0.2) is 0 Å². The quantitative estimate of drug-likeness (QED) is 0.515. The standard InChI is InChI=1S/C9H20N2/c1-3-10-5-7-11(4-2,9-10)8-6-10/h3-9H2,1-2H3/q+2. The van der Waals surface area contributed by atoms with Gasteiger partial charge in [-0.3, -0.25) is 8.97 Å². The molecule has 0 atom stereocenters. The summed E-state index contributed by atoms with van der Waals surface area (Å²) in [5, 5.41) is 0. The second-order valence-electron chi connectivity index (χ2n) is 4.35. The highest BCUT2D eigenvalue weighted by atomic mass is 15.6. The summed E-state index contributed by atoms with van der Waals surface area (Å²) in [6.07, 6.45) is 0. The van der Waals surface area contributed by atoms with Crippen molar-refractivity contribution in [3.63, 3.8) is 0 Å². The van der Waals surface area contributed by atoms with Gasteiger partial charge in [-0.1, -0.05) is 0 Å². The van der Waals surface area contributed by atoms with Gasteiger partial charge in [0.25, 0.3) is 0 Å². The molecule has 0 aromatic rings. The molecule has 0 saturated carbocycles. The monoisotopic (exact) mass is 156 g/mol. The second kappa shape index (κ2) is 2.20. The zero-order chi connectivity index (χ0) is 7.95. The van der Waals surface area contributed by atoms with Crippen LogP contribution in [0.15, 0.2) is 0 Å². The molecule has 0 N–H and O–H groups in total. The molecular weight excluding hydrogens is 136 g/mol. The summed E-state index contributed by atoms with van der Waals surface area (Å²) < 4.78 is 2.85. The lowest BCUT2D eigenvalue weighted by Gasteiger charge is -2.25. The Kier molecular flexibility index (Phi) is 1.52. The third-order valence-electron chi connectivity index (χ3n) is 4.04. The first-order valence-corrected chi connectivity index (χ1v) is 4.94. The summed E-state index contributed by atoms with van der Waals surface area (Å²) >= 11 is 0. The van der Waals surface area contributed by atoms with Crippen LogP contribution in [0.3, 0.4) is 0 Å². The van der Waals surface area contributed by atoms with E-state index in [1.54, 1.807) is 0 Å². The van der Waals surface area contributed by atoms with Crippen molar-refractivity contribution < 1.29 is 8.97 Å². The first-order valence-electron chi connectivity index (χ1n) is 4.94. The number of piperazine rings is 1. The molecule has 2 heterocycles. The number of rotatable bonds is 2. The van der Waals surface area contributed by atoms with Crippen LogP contribution in [0.5, 0.6) is 0 Å². The summed E-state index contributed by atoms with van der Waals surface area (Å²) in [6.45, 7) is 14.7. The van der Waals surface area contributed by atoms with Crippen LogP contribution in [0.25, 0.3) is 0 Å². The van der Waals surface area contributed by atoms with Gasteiger partial charge in [-0.05, 0) is 13.8 Å². The van der Waals surface area contributed by atoms with Gasteiger partial charge in [0.05, 0.1) is 13.1 Å². The summed E-state index contributed by atoms with van der Waals surface area (Å²) in [6, 6.07) is 0. The van der Waals surface area contributed by atoms with Gasteiger partial charge in [-0.2, -0.15) is 0 Å². The van der Waals surface area contributed by atoms with Crippen LogP contribution in [0.4, 0.5) is 0 Å². The van der Waals surface area contributed by atoms with Crippen LogP contribution in [-0.2, 0) is 0 Å². The third-order valence-corrected chi connectivity index (χ3v) is 4.04. The number of nitrogens with zero attached hydrogens (tertiary/aromatic N) is 2. The Labute approximate surface area is 69.6 Å². The Morgan fingerprint density at radius 1 is 0.818 bits per heavy atom. The van der Waals surface area contributed by atoms with Crippen LogP contribution >= 0.6 is 0 Å². The van der Waals surface area contributed by atoms with Crippen molar-refractivity contribution in [3.05, 3.63) is 0 Å². The van der Waals surface area contributed by atoms with E-state index in [4.69, 9.17) is 0 Å². The van der Waals surface area contributed by atoms with E-state index in [-0.39, 0.29) is 0 Å². The molecule has 0 spiro atoms. The fourth-order valence-corrected chi connectivity index (χ4v) is 2.82. The normalized spacial score (nSPS) is 48.5. The number of fused-ring (bicyclic) bond motifs is 2. The van der Waals surface area contributed by atoms with Crippen LogP contribution in [0.2, 0.25) is 0 Å². The van der Waals surface area contributed by atoms with Gasteiger partial charge >= 0.3 is 0 Å². The second-order valence-corrected chi connectivity index (χ2v) is 4.35. The molecule has 0 unspecified atom stereocenters. The molecule has 0 amide bonds. The topological polar surface area (TPSA) is 0 Å². The SMILES string of the molecule is CC[N+]12CC[N+](CC)(CC1)C2. The summed E-state index contributed by atoms with van der Waals surface area (Å²) in [5.74, 6) is 0. The molecule has 2 aliphatic rings. The first-order chi connectivity index (χ1) is 5.24. The number of quaternary nitrogens is 2. The van der Waals surface area contributed by atoms with Crippen molar-refractivity contribution in [3.8, 4) is 0 Å². The van der Waals surface area contributed by atoms with E-state index in [2.05, 4.69) is 13.8 Å². The average Bonchev–Trinajstić information content (AvgIpc) is 2.61. The zero-order valence-electron chi connectivity index (χ0n) is 7.84. The molecule has 2 rings (SSSR count). The Morgan fingerprint density at radius 3 is 1.36 bits per heavy atom. The lowest BCUT2D eigenvalue weighted by atomic mass is 10.3. The molecule has 0 radical (unpaired) electrons. The van der Waals surface area contributed by atoms with Crippen molar-refractivity contribution in [1.82, 2.24) is 0 Å². The Balaban J connectivity index is 2.15. The maximum atomic E-state index is 2.35. The average molecular weight is 156 g/mol. The highest BCUT2D eigenvalue weighted by Crippen LogP contribution is 2.30. The smallest absolute Gasteiger partial charge is 0.208 e. The number of hydrogen-bond acceptors (Lipinski definition) is 0. The van der Waals surface area contributed by atoms with Gasteiger partial charge in [-0.15, -0.1) is 0 Å². The highest BCUT2D eigenvalue weighted by molar-refractivity contribution is 4.57. The molecule has 64 valence electrons. The maximum absolute atomic E-state index is 2.35. The molecule has 2 aliphatic heterocycles. The lowest BCUT2D eigenvalue weighted by Crippen LogP contribution is -2.46. The fourth-order valence-electron chi connectivity index (χ4n) is 2.82. The molecule has 2 heteroatoms. The van der Waals surface area contributed by atoms with Gasteiger partial charge in [0.1, 0.15) is 26.2 Å². The molecule has 11 heavy (non-hydrogen) atoms. The van der Waals surface area contributed by atoms with Crippen LogP contribution in [0.1, 0.15) is 13.8 Å². The Morgan fingerprint density at radius 2 is 1.18 bits per heavy atom. The van der Waals surface area contributed by atoms with Gasteiger partial charge in [0.2, 0.25) is 6.67 Å². The first kappa shape index (κ1) is 7.56. The van der Waals surface area contributed by atoms with E-state index < -0.39 is 0 Å². The molecule has 2 fully saturated rings. The van der Waals surface area contributed by atoms with E-state index >= 15 is 0 Å². The minimum atomic E-state index is 1.36. The predicted molar refractivity (Wildman–Crippen MR) is 45.9 cm³/mol. The van der Waals surface area contributed by atoms with Crippen LogP contribution in [-0.4, -0.2) is 54.9 Å². The van der Waals surface area contributed by atoms with E-state index in [1.807, 2.05) is 0 Å². The van der Waals surface area contributed by atoms with E-state index in [0.29, 0.717) is 0 Å². The van der Waals surface area contributed by atoms with Crippen molar-refractivity contribution in [2.45, 2.75) is 13.8 Å². The van der Waals surface area contributed by atoms with Crippen molar-refractivity contribution >= 4 is 0 Å². The molecule has 2 bridgehead atoms. The van der Waals surface area contributed by atoms with Crippen molar-refractivity contribution in [2.24, 2.45) is 0 Å². The molecular formula is C9H20N2+2. The summed E-state index contributed by atoms with van der Waals surface area (Å²) in [7, 11) is 0. The maximum Gasteiger partial charge on any atom is 0.208 e. The predicted octanol–water partition coefficient (Wildman–Crippen LogP) is 0.644. The van der Waals surface area contributed by atoms with Gasteiger partial charge in [0, 0.05) is 0 Å². The third kappa shape index (κ3) is 0.926. The van der Waals surface area contributed by atoms with E-state index in [0.717, 1.165) is 0 Å². The van der Waals surface area contributed by atoms with Crippen molar-refractivity contribution in [1.29, 1.82) is 0 Å². The summed E-state index contributed by atoms with van der Waals surface area (Å²) in [4.78, 5) is 0. The van der Waals surface area contributed by atoms with Crippen molar-refractivity contribution in [2.75, 3.05) is 45.9 Å². The van der Waals surface area contributed by atoms with Gasteiger partial charge in [0.15, 0.2) is 0 Å². The highest BCUT2D eigenvalue weighted by Gasteiger charge is 2.53. The number of hydrogen-bond donors (Lipinski definition) is 0. The molecule has 2 saturated heterocycles. The zero-order valence-corrected chi connectivity index (χ0v) is 7.84. The van der Waals surface area contributed by atoms with Crippen LogP contribution in [0, 0.1) is 0 Å². The molecule has 2 nitrogen and oxygen atoms in total. The Bertz CT molecular complexity index is 139. The molecule has 0 aromatic carbocycles. The van der Waals surface area contributed by atoms with E-state index in [9.17, 15) is 0 Å². The van der Waals surface area contributed by atoms with Gasteiger partial charge < -0.3 is 0 Å². The summed E-state index contributed by atoms with van der Waals surface area (Å²) in [5.41, 5.74) is 0. The van der Waals surface area contributed by atoms with Crippen LogP contribution < -0.4 is 0 Å². The fraction of sp³-hybridized carbons (Fsp3) is 1.00.